The first-order valence-corrected chi connectivity index (χ1v) is 6.46. The minimum Gasteiger partial charge on any atom is -0.388 e. The van der Waals surface area contributed by atoms with E-state index < -0.39 is 18.7 Å². The minimum atomic E-state index is -0.666. The number of rotatable bonds is 2. The van der Waals surface area contributed by atoms with Crippen molar-refractivity contribution in [2.45, 2.75) is 37.3 Å². The molecule has 5 nitrogen and oxygen atoms in total. The third-order valence-corrected chi connectivity index (χ3v) is 3.53. The van der Waals surface area contributed by atoms with Crippen LogP contribution in [0.4, 0.5) is 0 Å². The first-order chi connectivity index (χ1) is 9.28. The van der Waals surface area contributed by atoms with Crippen LogP contribution in [-0.2, 0) is 18.9 Å². The quantitative estimate of drug-likeness (QED) is 0.872. The maximum absolute atomic E-state index is 9.89. The molecule has 2 saturated heterocycles. The molecule has 2 fully saturated rings. The van der Waals surface area contributed by atoms with Gasteiger partial charge in [-0.05, 0) is 0 Å². The van der Waals surface area contributed by atoms with Crippen LogP contribution >= 0.6 is 0 Å². The van der Waals surface area contributed by atoms with Crippen LogP contribution in [0.5, 0.6) is 0 Å². The SMILES string of the molecule is CO[C@@H]1O[C@@H]2CO[C@H](c3ccccc3)O[C@H]2C[C@H]1O. The van der Waals surface area contributed by atoms with Gasteiger partial charge in [0, 0.05) is 19.1 Å². The Kier molecular flexibility index (Phi) is 3.81. The highest BCUT2D eigenvalue weighted by molar-refractivity contribution is 5.16. The van der Waals surface area contributed by atoms with Gasteiger partial charge in [0.05, 0.1) is 12.7 Å². The molecule has 0 bridgehead atoms. The smallest absolute Gasteiger partial charge is 0.184 e. The molecule has 5 heteroatoms. The lowest BCUT2D eigenvalue weighted by atomic mass is 10.0. The summed E-state index contributed by atoms with van der Waals surface area (Å²) in [6, 6.07) is 9.76. The highest BCUT2D eigenvalue weighted by atomic mass is 16.7. The Morgan fingerprint density at radius 3 is 2.68 bits per heavy atom. The molecule has 3 rings (SSSR count). The van der Waals surface area contributed by atoms with E-state index in [0.29, 0.717) is 13.0 Å². The fourth-order valence-corrected chi connectivity index (χ4v) is 2.52. The van der Waals surface area contributed by atoms with E-state index in [4.69, 9.17) is 18.9 Å². The van der Waals surface area contributed by atoms with Crippen molar-refractivity contribution < 1.29 is 24.1 Å². The van der Waals surface area contributed by atoms with Crippen molar-refractivity contribution in [2.75, 3.05) is 13.7 Å². The molecule has 0 amide bonds. The molecule has 2 aliphatic rings. The number of hydrogen-bond acceptors (Lipinski definition) is 5. The Morgan fingerprint density at radius 1 is 1.16 bits per heavy atom. The van der Waals surface area contributed by atoms with Gasteiger partial charge in [-0.25, -0.2) is 0 Å². The predicted molar refractivity (Wildman–Crippen MR) is 66.3 cm³/mol. The Labute approximate surface area is 112 Å². The largest absolute Gasteiger partial charge is 0.388 e. The lowest BCUT2D eigenvalue weighted by molar-refractivity contribution is -0.333. The van der Waals surface area contributed by atoms with E-state index in [2.05, 4.69) is 0 Å². The van der Waals surface area contributed by atoms with Gasteiger partial charge in [0.25, 0.3) is 0 Å². The third-order valence-electron chi connectivity index (χ3n) is 3.53. The van der Waals surface area contributed by atoms with Crippen molar-refractivity contribution in [2.24, 2.45) is 0 Å². The highest BCUT2D eigenvalue weighted by Gasteiger charge is 2.42. The fraction of sp³-hybridized carbons (Fsp3) is 0.571. The molecule has 0 spiro atoms. The summed E-state index contributed by atoms with van der Waals surface area (Å²) in [6.07, 6.45) is -1.51. The van der Waals surface area contributed by atoms with Crippen molar-refractivity contribution in [1.29, 1.82) is 0 Å². The van der Waals surface area contributed by atoms with Gasteiger partial charge in [0.1, 0.15) is 12.2 Å². The molecule has 1 aromatic carbocycles. The lowest BCUT2D eigenvalue weighted by Gasteiger charge is -2.43. The second-order valence-corrected chi connectivity index (χ2v) is 4.83. The number of benzene rings is 1. The number of hydrogen-bond donors (Lipinski definition) is 1. The van der Waals surface area contributed by atoms with Crippen LogP contribution in [0.15, 0.2) is 30.3 Å². The van der Waals surface area contributed by atoms with Gasteiger partial charge in [0.15, 0.2) is 12.6 Å². The van der Waals surface area contributed by atoms with Gasteiger partial charge in [-0.1, -0.05) is 30.3 Å². The van der Waals surface area contributed by atoms with Crippen molar-refractivity contribution in [3.63, 3.8) is 0 Å². The minimum absolute atomic E-state index is 0.166. The topological polar surface area (TPSA) is 57.2 Å². The summed E-state index contributed by atoms with van der Waals surface area (Å²) in [5.41, 5.74) is 0.976. The van der Waals surface area contributed by atoms with Crippen LogP contribution in [0.3, 0.4) is 0 Å². The van der Waals surface area contributed by atoms with Crippen LogP contribution in [0.25, 0.3) is 0 Å². The highest BCUT2D eigenvalue weighted by Crippen LogP contribution is 2.33. The molecule has 1 aromatic rings. The number of methoxy groups -OCH3 is 1. The van der Waals surface area contributed by atoms with Crippen molar-refractivity contribution >= 4 is 0 Å². The summed E-state index contributed by atoms with van der Waals surface area (Å²) in [5, 5.41) is 9.89. The van der Waals surface area contributed by atoms with Crippen LogP contribution < -0.4 is 0 Å². The Hall–Kier alpha value is -0.980. The lowest BCUT2D eigenvalue weighted by Crippen LogP contribution is -2.53. The summed E-state index contributed by atoms with van der Waals surface area (Å²) in [6.45, 7) is 0.441. The summed E-state index contributed by atoms with van der Waals surface area (Å²) in [7, 11) is 1.52. The van der Waals surface area contributed by atoms with E-state index in [1.165, 1.54) is 7.11 Å². The molecule has 0 aromatic heterocycles. The second kappa shape index (κ2) is 5.56. The molecule has 2 heterocycles. The van der Waals surface area contributed by atoms with Crippen LogP contribution in [0.2, 0.25) is 0 Å². The predicted octanol–water partition coefficient (Wildman–Crippen LogP) is 1.22. The van der Waals surface area contributed by atoms with E-state index in [0.717, 1.165) is 5.56 Å². The van der Waals surface area contributed by atoms with E-state index in [9.17, 15) is 5.11 Å². The maximum Gasteiger partial charge on any atom is 0.184 e. The average Bonchev–Trinajstić information content (AvgIpc) is 2.47. The number of fused-ring (bicyclic) bond motifs is 1. The molecule has 2 aliphatic heterocycles. The van der Waals surface area contributed by atoms with E-state index >= 15 is 0 Å². The Morgan fingerprint density at radius 2 is 1.95 bits per heavy atom. The molecular formula is C14H18O5. The van der Waals surface area contributed by atoms with Crippen molar-refractivity contribution in [3.05, 3.63) is 35.9 Å². The number of ether oxygens (including phenoxy) is 4. The van der Waals surface area contributed by atoms with Crippen LogP contribution in [0.1, 0.15) is 18.3 Å². The number of aliphatic hydroxyl groups is 1. The van der Waals surface area contributed by atoms with Crippen molar-refractivity contribution in [3.8, 4) is 0 Å². The van der Waals surface area contributed by atoms with Crippen molar-refractivity contribution in [1.82, 2.24) is 0 Å². The summed E-state index contributed by atoms with van der Waals surface area (Å²) in [4.78, 5) is 0. The summed E-state index contributed by atoms with van der Waals surface area (Å²) in [5.74, 6) is 0. The molecule has 0 radical (unpaired) electrons. The zero-order chi connectivity index (χ0) is 13.2. The number of aliphatic hydroxyl groups excluding tert-OH is 1. The molecule has 104 valence electrons. The standard InChI is InChI=1S/C14H18O5/c1-16-14-10(15)7-11-12(19-14)8-17-13(18-11)9-5-3-2-4-6-9/h2-6,10-15H,7-8H2,1H3/t10-,11+,12-,13+,14-/m1/s1. The van der Waals surface area contributed by atoms with Gasteiger partial charge in [-0.15, -0.1) is 0 Å². The van der Waals surface area contributed by atoms with Gasteiger partial charge in [0.2, 0.25) is 0 Å². The first kappa shape index (κ1) is 13.0. The summed E-state index contributed by atoms with van der Waals surface area (Å²) < 4.78 is 22.2. The van der Waals surface area contributed by atoms with Gasteiger partial charge in [-0.3, -0.25) is 0 Å². The van der Waals surface area contributed by atoms with Crippen LogP contribution in [-0.4, -0.2) is 43.4 Å². The van der Waals surface area contributed by atoms with Gasteiger partial charge >= 0.3 is 0 Å². The molecule has 0 unspecified atom stereocenters. The third kappa shape index (κ3) is 2.66. The van der Waals surface area contributed by atoms with Gasteiger partial charge < -0.3 is 24.1 Å². The zero-order valence-corrected chi connectivity index (χ0v) is 10.8. The summed E-state index contributed by atoms with van der Waals surface area (Å²) >= 11 is 0. The molecular weight excluding hydrogens is 248 g/mol. The van der Waals surface area contributed by atoms with Crippen LogP contribution in [0, 0.1) is 0 Å². The fourth-order valence-electron chi connectivity index (χ4n) is 2.52. The van der Waals surface area contributed by atoms with Gasteiger partial charge in [-0.2, -0.15) is 0 Å². The monoisotopic (exact) mass is 266 g/mol. The molecule has 19 heavy (non-hydrogen) atoms. The van der Waals surface area contributed by atoms with E-state index in [1.807, 2.05) is 30.3 Å². The molecule has 5 atom stereocenters. The maximum atomic E-state index is 9.89. The Balaban J connectivity index is 1.68. The Bertz CT molecular complexity index is 410. The zero-order valence-electron chi connectivity index (χ0n) is 10.8. The molecule has 0 saturated carbocycles. The molecule has 1 N–H and O–H groups in total. The average molecular weight is 266 g/mol. The second-order valence-electron chi connectivity index (χ2n) is 4.83. The normalized spacial score (nSPS) is 38.7. The first-order valence-electron chi connectivity index (χ1n) is 6.46. The van der Waals surface area contributed by atoms with E-state index in [-0.39, 0.29) is 12.2 Å². The molecule has 0 aliphatic carbocycles. The van der Waals surface area contributed by atoms with E-state index in [1.54, 1.807) is 0 Å².